The summed E-state index contributed by atoms with van der Waals surface area (Å²) in [5.74, 6) is 0.286. The van der Waals surface area contributed by atoms with Crippen molar-refractivity contribution in [3.05, 3.63) is 115 Å². The molecule has 6 nitrogen and oxygen atoms in total. The maximum absolute atomic E-state index is 12.2. The van der Waals surface area contributed by atoms with Gasteiger partial charge in [0.1, 0.15) is 12.1 Å². The Morgan fingerprint density at radius 1 is 0.769 bits per heavy atom. The zero-order valence-corrected chi connectivity index (χ0v) is 33.4. The summed E-state index contributed by atoms with van der Waals surface area (Å²) in [5, 5.41) is 15.4. The van der Waals surface area contributed by atoms with Crippen LogP contribution in [0, 0.1) is 23.8 Å². The van der Waals surface area contributed by atoms with Gasteiger partial charge in [-0.3, -0.25) is 9.78 Å². The molecule has 3 heterocycles. The first-order valence-electron chi connectivity index (χ1n) is 18.0. The molecule has 1 N–H and O–H groups in total. The van der Waals surface area contributed by atoms with E-state index < -0.39 is 0 Å². The van der Waals surface area contributed by atoms with Gasteiger partial charge in [0, 0.05) is 59.0 Å². The van der Waals surface area contributed by atoms with Crippen LogP contribution in [-0.2, 0) is 24.9 Å². The summed E-state index contributed by atoms with van der Waals surface area (Å²) < 4.78 is 6.35. The number of furan rings is 1. The SMILES string of the molecule is CCC(C)(CC)C(=O)/C=C(\O)C(C)(CC)CC.Cc1cccc2c1ccc1c(-c3[c-]ccc4c3oc3nc(-c5ccccc5)ccc34)ncnc12.[Ir]. The molecule has 0 atom stereocenters. The normalized spacial score (nSPS) is 12.2. The number of aryl methyl sites for hydroxylation is 1. The molecule has 1 radical (unpaired) electrons. The molecule has 3 aromatic heterocycles. The number of nitrogens with zero attached hydrogens (tertiary/aromatic N) is 3. The molecule has 7 aromatic rings. The van der Waals surface area contributed by atoms with Gasteiger partial charge in [-0.1, -0.05) is 113 Å². The van der Waals surface area contributed by atoms with Crippen molar-refractivity contribution >= 4 is 49.5 Å². The number of aliphatic hydroxyl groups excluding tert-OH is 1. The van der Waals surface area contributed by atoms with Gasteiger partial charge in [0.05, 0.1) is 16.8 Å². The molecule has 4 aromatic carbocycles. The first-order chi connectivity index (χ1) is 24.6. The number of ketones is 1. The summed E-state index contributed by atoms with van der Waals surface area (Å²) in [6, 6.07) is 32.1. The predicted octanol–water partition coefficient (Wildman–Crippen LogP) is 12.2. The number of carbonyl (C=O) groups excluding carboxylic acids is 1. The summed E-state index contributed by atoms with van der Waals surface area (Å²) in [6.45, 7) is 14.2. The van der Waals surface area contributed by atoms with Crippen LogP contribution in [0.1, 0.15) is 72.8 Å². The second-order valence-corrected chi connectivity index (χ2v) is 13.9. The van der Waals surface area contributed by atoms with Gasteiger partial charge in [-0.25, -0.2) is 9.97 Å². The first-order valence-corrected chi connectivity index (χ1v) is 18.0. The molecule has 52 heavy (non-hydrogen) atoms. The number of aromatic nitrogens is 3. The molecule has 269 valence electrons. The van der Waals surface area contributed by atoms with E-state index in [4.69, 9.17) is 9.40 Å². The average molecular weight is 869 g/mol. The number of hydrogen-bond donors (Lipinski definition) is 1. The number of benzene rings is 4. The third-order valence-corrected chi connectivity index (χ3v) is 11.1. The van der Waals surface area contributed by atoms with Crippen molar-refractivity contribution in [2.45, 2.75) is 74.1 Å². The van der Waals surface area contributed by atoms with Crippen LogP contribution in [0.25, 0.3) is 66.3 Å². The van der Waals surface area contributed by atoms with E-state index in [1.165, 1.54) is 17.0 Å². The van der Waals surface area contributed by atoms with Crippen molar-refractivity contribution in [3.63, 3.8) is 0 Å². The Hall–Kier alpha value is -4.71. The van der Waals surface area contributed by atoms with Gasteiger partial charge in [0.2, 0.25) is 5.71 Å². The van der Waals surface area contributed by atoms with Crippen molar-refractivity contribution in [3.8, 4) is 22.5 Å². The Morgan fingerprint density at radius 3 is 2.13 bits per heavy atom. The molecule has 0 aliphatic heterocycles. The van der Waals surface area contributed by atoms with Gasteiger partial charge in [-0.05, 0) is 61.1 Å². The Balaban J connectivity index is 0.000000250. The smallest absolute Gasteiger partial charge is 0.216 e. The van der Waals surface area contributed by atoms with E-state index in [1.54, 1.807) is 6.33 Å². The number of pyridine rings is 1. The topological polar surface area (TPSA) is 89.1 Å². The molecule has 0 aliphatic rings. The van der Waals surface area contributed by atoms with Gasteiger partial charge < -0.3 is 9.52 Å². The minimum atomic E-state index is -0.337. The van der Waals surface area contributed by atoms with E-state index >= 15 is 0 Å². The van der Waals surface area contributed by atoms with Crippen LogP contribution in [0.15, 0.2) is 108 Å². The molecule has 0 amide bonds. The fourth-order valence-corrected chi connectivity index (χ4v) is 6.49. The standard InChI is InChI=1S/C30H18N3O.C15H28O2.Ir/c1-18-7-5-10-21-20(18)13-14-24-27(21)31-17-32-28(24)25-12-6-11-22-23-15-16-26(19-8-3-2-4-9-19)33-30(23)34-29(22)25;1-7-14(5,8-2)12(16)11-13(17)15(6,9-3)10-4;/h2-11,13-17H,1H3;11,16H,7-10H2,1-6H3;/q-1;;/b;12-11-;. The molecule has 0 saturated heterocycles. The number of allylic oxidation sites excluding steroid dienone is 2. The van der Waals surface area contributed by atoms with Crippen molar-refractivity contribution in [2.24, 2.45) is 10.8 Å². The number of aliphatic hydroxyl groups is 1. The van der Waals surface area contributed by atoms with Gasteiger partial charge in [0.25, 0.3) is 0 Å². The van der Waals surface area contributed by atoms with E-state index in [0.29, 0.717) is 5.71 Å². The van der Waals surface area contributed by atoms with Gasteiger partial charge >= 0.3 is 0 Å². The van der Waals surface area contributed by atoms with E-state index in [-0.39, 0.29) is 42.5 Å². The second-order valence-electron chi connectivity index (χ2n) is 13.9. The van der Waals surface area contributed by atoms with Crippen molar-refractivity contribution < 1.29 is 34.4 Å². The van der Waals surface area contributed by atoms with Gasteiger partial charge in [-0.2, -0.15) is 0 Å². The number of hydrogen-bond acceptors (Lipinski definition) is 6. The largest absolute Gasteiger partial charge is 0.512 e. The van der Waals surface area contributed by atoms with Gasteiger partial charge in [-0.15, -0.1) is 18.2 Å². The fourth-order valence-electron chi connectivity index (χ4n) is 6.49. The summed E-state index contributed by atoms with van der Waals surface area (Å²) in [5.41, 5.74) is 6.46. The molecule has 7 rings (SSSR count). The molecule has 0 bridgehead atoms. The van der Waals surface area contributed by atoms with Crippen LogP contribution >= 0.6 is 0 Å². The molecule has 0 saturated carbocycles. The van der Waals surface area contributed by atoms with Crippen LogP contribution in [0.5, 0.6) is 0 Å². The quantitative estimate of drug-likeness (QED) is 0.0673. The van der Waals surface area contributed by atoms with Crippen LogP contribution in [0.2, 0.25) is 0 Å². The molecule has 0 unspecified atom stereocenters. The predicted molar refractivity (Wildman–Crippen MR) is 210 cm³/mol. The van der Waals surface area contributed by atoms with E-state index in [1.807, 2.05) is 77.9 Å². The third-order valence-electron chi connectivity index (χ3n) is 11.1. The summed E-state index contributed by atoms with van der Waals surface area (Å²) >= 11 is 0. The monoisotopic (exact) mass is 869 g/mol. The molecular formula is C45H46IrN3O3-. The van der Waals surface area contributed by atoms with E-state index in [2.05, 4.69) is 71.5 Å². The Kier molecular flexibility index (Phi) is 11.8. The Bertz CT molecular complexity index is 2390. The summed E-state index contributed by atoms with van der Waals surface area (Å²) in [4.78, 5) is 26.3. The zero-order chi connectivity index (χ0) is 36.3. The van der Waals surface area contributed by atoms with Crippen LogP contribution in [0.4, 0.5) is 0 Å². The van der Waals surface area contributed by atoms with E-state index in [9.17, 15) is 9.90 Å². The number of carbonyl (C=O) groups is 1. The van der Waals surface area contributed by atoms with Crippen molar-refractivity contribution in [1.82, 2.24) is 15.0 Å². The van der Waals surface area contributed by atoms with Crippen molar-refractivity contribution in [1.29, 1.82) is 0 Å². The minimum absolute atomic E-state index is 0. The maximum atomic E-state index is 12.2. The minimum Gasteiger partial charge on any atom is -0.512 e. The van der Waals surface area contributed by atoms with E-state index in [0.717, 1.165) is 80.8 Å². The summed E-state index contributed by atoms with van der Waals surface area (Å²) in [7, 11) is 0. The first kappa shape index (κ1) is 38.5. The van der Waals surface area contributed by atoms with Crippen molar-refractivity contribution in [2.75, 3.05) is 0 Å². The third kappa shape index (κ3) is 7.17. The molecule has 7 heteroatoms. The molecular weight excluding hydrogens is 823 g/mol. The van der Waals surface area contributed by atoms with Gasteiger partial charge in [0.15, 0.2) is 5.78 Å². The molecule has 0 fully saturated rings. The zero-order valence-electron chi connectivity index (χ0n) is 31.0. The Labute approximate surface area is 319 Å². The van der Waals surface area contributed by atoms with Crippen LogP contribution in [0.3, 0.4) is 0 Å². The fraction of sp³-hybridized carbons (Fsp3) is 0.289. The Morgan fingerprint density at radius 2 is 1.44 bits per heavy atom. The molecule has 0 aliphatic carbocycles. The maximum Gasteiger partial charge on any atom is 0.216 e. The average Bonchev–Trinajstić information content (AvgIpc) is 3.56. The number of rotatable bonds is 9. The van der Waals surface area contributed by atoms with Crippen LogP contribution < -0.4 is 0 Å². The molecule has 0 spiro atoms. The second kappa shape index (κ2) is 15.9. The van der Waals surface area contributed by atoms with Crippen LogP contribution in [-0.4, -0.2) is 25.8 Å². The number of fused-ring (bicyclic) bond motifs is 6. The summed E-state index contributed by atoms with van der Waals surface area (Å²) in [6.07, 6.45) is 6.38.